The number of nitrogens with one attached hydrogen (secondary N) is 2. The van der Waals surface area contributed by atoms with Crippen molar-refractivity contribution in [2.24, 2.45) is 0 Å². The summed E-state index contributed by atoms with van der Waals surface area (Å²) in [6.45, 7) is 0.755. The summed E-state index contributed by atoms with van der Waals surface area (Å²) in [5, 5.41) is 1.70. The van der Waals surface area contributed by atoms with E-state index in [1.54, 1.807) is 6.92 Å². The molecule has 0 saturated heterocycles. The van der Waals surface area contributed by atoms with Gasteiger partial charge in [-0.25, -0.2) is 18.7 Å². The average Bonchev–Trinajstić information content (AvgIpc) is 2.97. The predicted molar refractivity (Wildman–Crippen MR) is 94.1 cm³/mol. The molecule has 2 aromatic heterocycles. The first-order valence-electron chi connectivity index (χ1n) is 7.29. The van der Waals surface area contributed by atoms with Crippen molar-refractivity contribution in [1.29, 1.82) is 0 Å². The van der Waals surface area contributed by atoms with Crippen molar-refractivity contribution in [1.82, 2.24) is 15.0 Å². The highest BCUT2D eigenvalue weighted by atomic mass is 35.5. The second-order valence-corrected chi connectivity index (χ2v) is 6.59. The molecule has 0 aliphatic rings. The molecule has 2 heterocycles. The number of benzene rings is 1. The number of aromatic amines is 1. The zero-order valence-electron chi connectivity index (χ0n) is 12.8. The van der Waals surface area contributed by atoms with E-state index >= 15 is 0 Å². The lowest BCUT2D eigenvalue weighted by Crippen LogP contribution is -2.10. The highest BCUT2D eigenvalue weighted by Crippen LogP contribution is 2.29. The molecule has 1 aromatic carbocycles. The topological polar surface area (TPSA) is 53.6 Å². The molecule has 8 heteroatoms. The number of nitrogens with zero attached hydrogens (tertiary/aromatic N) is 2. The fourth-order valence-electron chi connectivity index (χ4n) is 2.29. The van der Waals surface area contributed by atoms with Crippen LogP contribution in [0.1, 0.15) is 11.3 Å². The smallest absolute Gasteiger partial charge is 0.233 e. The normalized spacial score (nSPS) is 12.5. The van der Waals surface area contributed by atoms with Gasteiger partial charge in [-0.2, -0.15) is 0 Å². The van der Waals surface area contributed by atoms with Gasteiger partial charge in [0.25, 0.3) is 0 Å². The van der Waals surface area contributed by atoms with E-state index in [0.29, 0.717) is 22.2 Å². The molecule has 0 bridgehead atoms. The predicted octanol–water partition coefficient (Wildman–Crippen LogP) is 4.89. The Morgan fingerprint density at radius 3 is 3.00 bits per heavy atom. The lowest BCUT2D eigenvalue weighted by molar-refractivity contribution is 0.259. The number of aryl methyl sites for hydroxylation is 1. The van der Waals surface area contributed by atoms with E-state index in [9.17, 15) is 8.78 Å². The van der Waals surface area contributed by atoms with Gasteiger partial charge < -0.3 is 4.98 Å². The summed E-state index contributed by atoms with van der Waals surface area (Å²) in [6, 6.07) is 5.62. The third-order valence-electron chi connectivity index (χ3n) is 3.55. The monoisotopic (exact) mass is 368 g/mol. The van der Waals surface area contributed by atoms with Gasteiger partial charge in [-0.1, -0.05) is 17.7 Å². The lowest BCUT2D eigenvalue weighted by atomic mass is 10.1. The van der Waals surface area contributed by atoms with Gasteiger partial charge >= 0.3 is 0 Å². The van der Waals surface area contributed by atoms with Crippen molar-refractivity contribution in [3.05, 3.63) is 46.9 Å². The second kappa shape index (κ2) is 7.36. The van der Waals surface area contributed by atoms with Crippen molar-refractivity contribution in [3.63, 3.8) is 0 Å². The van der Waals surface area contributed by atoms with E-state index in [-0.39, 0.29) is 6.42 Å². The maximum absolute atomic E-state index is 13.1. The number of rotatable bonds is 6. The number of anilines is 1. The largest absolute Gasteiger partial charge is 0.360 e. The molecular weight excluding hydrogens is 354 g/mol. The van der Waals surface area contributed by atoms with Gasteiger partial charge in [0, 0.05) is 40.4 Å². The molecule has 24 heavy (non-hydrogen) atoms. The van der Waals surface area contributed by atoms with Gasteiger partial charge in [0.2, 0.25) is 5.95 Å². The summed E-state index contributed by atoms with van der Waals surface area (Å²) >= 11 is 7.33. The molecule has 0 fully saturated rings. The first kappa shape index (κ1) is 17.0. The van der Waals surface area contributed by atoms with Crippen molar-refractivity contribution in [2.75, 3.05) is 11.4 Å². The van der Waals surface area contributed by atoms with Gasteiger partial charge in [-0.15, -0.1) is 0 Å². The van der Waals surface area contributed by atoms with Gasteiger partial charge in [0.1, 0.15) is 12.8 Å². The van der Waals surface area contributed by atoms with Gasteiger partial charge in [-0.3, -0.25) is 4.72 Å². The third kappa shape index (κ3) is 3.79. The van der Waals surface area contributed by atoms with E-state index in [1.807, 2.05) is 24.4 Å². The summed E-state index contributed by atoms with van der Waals surface area (Å²) in [5.41, 5.74) is 2.19. The van der Waals surface area contributed by atoms with Crippen LogP contribution < -0.4 is 4.72 Å². The highest BCUT2D eigenvalue weighted by molar-refractivity contribution is 8.00. The molecule has 0 spiro atoms. The lowest BCUT2D eigenvalue weighted by Gasteiger charge is -2.09. The van der Waals surface area contributed by atoms with Crippen molar-refractivity contribution in [2.45, 2.75) is 24.4 Å². The zero-order valence-corrected chi connectivity index (χ0v) is 14.4. The van der Waals surface area contributed by atoms with Crippen LogP contribution in [0, 0.1) is 6.92 Å². The number of hydrogen-bond acceptors (Lipinski definition) is 4. The van der Waals surface area contributed by atoms with E-state index < -0.39 is 12.8 Å². The Balaban J connectivity index is 1.71. The average molecular weight is 369 g/mol. The van der Waals surface area contributed by atoms with E-state index in [4.69, 9.17) is 11.6 Å². The van der Waals surface area contributed by atoms with Gasteiger partial charge in [0.05, 0.1) is 4.90 Å². The Morgan fingerprint density at radius 2 is 2.25 bits per heavy atom. The van der Waals surface area contributed by atoms with Crippen LogP contribution in [0.4, 0.5) is 14.7 Å². The van der Waals surface area contributed by atoms with Crippen LogP contribution in [0.25, 0.3) is 10.9 Å². The molecule has 1 unspecified atom stereocenters. The Labute approximate surface area is 147 Å². The van der Waals surface area contributed by atoms with E-state index in [2.05, 4.69) is 19.7 Å². The van der Waals surface area contributed by atoms with E-state index in [1.165, 1.54) is 18.1 Å². The Morgan fingerprint density at radius 1 is 1.42 bits per heavy atom. The number of alkyl halides is 2. The van der Waals surface area contributed by atoms with Crippen LogP contribution in [-0.2, 0) is 6.42 Å². The Hall–Kier alpha value is -1.86. The third-order valence-corrected chi connectivity index (χ3v) is 4.63. The number of aromatic nitrogens is 3. The molecular formula is C16H15ClF2N4S. The van der Waals surface area contributed by atoms with Crippen LogP contribution in [-0.4, -0.2) is 27.8 Å². The SMILES string of the molecule is Cc1nc(NSc2c[nH]c3cc(Cl)ccc23)ncc1CC(F)CF. The van der Waals surface area contributed by atoms with Crippen LogP contribution in [0.3, 0.4) is 0 Å². The highest BCUT2D eigenvalue weighted by Gasteiger charge is 2.12. The number of hydrogen-bond donors (Lipinski definition) is 2. The molecule has 0 radical (unpaired) electrons. The van der Waals surface area contributed by atoms with Crippen LogP contribution >= 0.6 is 23.5 Å². The quantitative estimate of drug-likeness (QED) is 0.608. The maximum Gasteiger partial charge on any atom is 0.233 e. The standard InChI is InChI=1S/C16H15ClF2N4S/c1-9-10(4-12(19)6-18)7-21-16(22-9)23-24-15-8-20-14-5-11(17)2-3-13(14)15/h2-3,5,7-8,12,20H,4,6H2,1H3,(H,21,22,23). The van der Waals surface area contributed by atoms with Crippen LogP contribution in [0.5, 0.6) is 0 Å². The maximum atomic E-state index is 13.1. The number of fused-ring (bicyclic) bond motifs is 1. The first-order valence-corrected chi connectivity index (χ1v) is 8.48. The van der Waals surface area contributed by atoms with Gasteiger partial charge in [-0.05, 0) is 36.6 Å². The molecule has 0 aliphatic carbocycles. The fourth-order valence-corrected chi connectivity index (χ4v) is 3.17. The molecule has 3 rings (SSSR count). The van der Waals surface area contributed by atoms with E-state index in [0.717, 1.165) is 15.8 Å². The van der Waals surface area contributed by atoms with Crippen LogP contribution in [0.15, 0.2) is 35.5 Å². The number of halogens is 3. The molecule has 0 saturated carbocycles. The van der Waals surface area contributed by atoms with Crippen molar-refractivity contribution < 1.29 is 8.78 Å². The summed E-state index contributed by atoms with van der Waals surface area (Å²) in [4.78, 5) is 12.6. The summed E-state index contributed by atoms with van der Waals surface area (Å²) < 4.78 is 28.5. The molecule has 4 nitrogen and oxygen atoms in total. The summed E-state index contributed by atoms with van der Waals surface area (Å²) in [6.07, 6.45) is 1.87. The fraction of sp³-hybridized carbons (Fsp3) is 0.250. The molecule has 2 N–H and O–H groups in total. The van der Waals surface area contributed by atoms with Crippen molar-refractivity contribution >= 4 is 40.4 Å². The molecule has 3 aromatic rings. The second-order valence-electron chi connectivity index (χ2n) is 5.31. The minimum absolute atomic E-state index is 0.0149. The van der Waals surface area contributed by atoms with Crippen LogP contribution in [0.2, 0.25) is 5.02 Å². The first-order chi connectivity index (χ1) is 11.6. The molecule has 0 amide bonds. The zero-order chi connectivity index (χ0) is 17.1. The summed E-state index contributed by atoms with van der Waals surface area (Å²) in [7, 11) is 0. The molecule has 126 valence electrons. The summed E-state index contributed by atoms with van der Waals surface area (Å²) in [5.74, 6) is 0.417. The van der Waals surface area contributed by atoms with Gasteiger partial charge in [0.15, 0.2) is 0 Å². The number of H-pyrrole nitrogens is 1. The Bertz CT molecular complexity index is 855. The molecule has 1 atom stereocenters. The Kier molecular flexibility index (Phi) is 5.20. The minimum atomic E-state index is -1.52. The van der Waals surface area contributed by atoms with Crippen molar-refractivity contribution in [3.8, 4) is 0 Å². The molecule has 0 aliphatic heterocycles. The minimum Gasteiger partial charge on any atom is -0.360 e.